The molecule has 4 nitrogen and oxygen atoms in total. The summed E-state index contributed by atoms with van der Waals surface area (Å²) in [6.07, 6.45) is -3.91. The van der Waals surface area contributed by atoms with Crippen molar-refractivity contribution in [3.8, 4) is 0 Å². The van der Waals surface area contributed by atoms with Gasteiger partial charge in [-0.1, -0.05) is 13.8 Å². The second-order valence-corrected chi connectivity index (χ2v) is 3.88. The Kier molecular flexibility index (Phi) is 3.79. The molecule has 96 valence electrons. The van der Waals surface area contributed by atoms with Crippen molar-refractivity contribution in [3.05, 3.63) is 32.6 Å². The molecule has 0 spiro atoms. The summed E-state index contributed by atoms with van der Waals surface area (Å²) in [6, 6.07) is 1.04. The summed E-state index contributed by atoms with van der Waals surface area (Å²) in [5.41, 5.74) is -1.59. The second-order valence-electron chi connectivity index (χ2n) is 3.88. The molecule has 1 aromatic heterocycles. The van der Waals surface area contributed by atoms with Crippen LogP contribution in [0.4, 0.5) is 13.2 Å². The molecule has 17 heavy (non-hydrogen) atoms. The molecule has 1 aromatic rings. The first-order valence-corrected chi connectivity index (χ1v) is 5.15. The first kappa shape index (κ1) is 13.5. The van der Waals surface area contributed by atoms with Crippen molar-refractivity contribution in [3.63, 3.8) is 0 Å². The van der Waals surface area contributed by atoms with Crippen LogP contribution in [0.15, 0.2) is 15.7 Å². The normalized spacial score (nSPS) is 13.7. The first-order chi connectivity index (χ1) is 7.74. The fourth-order valence-corrected chi connectivity index (χ4v) is 1.35. The van der Waals surface area contributed by atoms with Crippen molar-refractivity contribution in [2.24, 2.45) is 0 Å². The third kappa shape index (κ3) is 3.47. The van der Waals surface area contributed by atoms with Gasteiger partial charge in [0.1, 0.15) is 6.54 Å². The zero-order valence-corrected chi connectivity index (χ0v) is 9.47. The number of alkyl halides is 3. The molecule has 0 amide bonds. The van der Waals surface area contributed by atoms with Gasteiger partial charge in [-0.05, 0) is 12.3 Å². The van der Waals surface area contributed by atoms with Gasteiger partial charge in [-0.3, -0.25) is 9.36 Å². The molecule has 0 aliphatic heterocycles. The lowest BCUT2D eigenvalue weighted by molar-refractivity contribution is -0.141. The van der Waals surface area contributed by atoms with E-state index in [4.69, 9.17) is 0 Å². The van der Waals surface area contributed by atoms with Crippen molar-refractivity contribution in [2.75, 3.05) is 0 Å². The quantitative estimate of drug-likeness (QED) is 0.886. The smallest absolute Gasteiger partial charge is 0.311 e. The van der Waals surface area contributed by atoms with Gasteiger partial charge in [0.05, 0.1) is 0 Å². The zero-order valence-electron chi connectivity index (χ0n) is 9.47. The van der Waals surface area contributed by atoms with E-state index in [2.05, 4.69) is 4.98 Å². The predicted molar refractivity (Wildman–Crippen MR) is 56.1 cm³/mol. The average Bonchev–Trinajstić information content (AvgIpc) is 2.20. The highest BCUT2D eigenvalue weighted by Crippen LogP contribution is 2.16. The molecule has 1 atom stereocenters. The van der Waals surface area contributed by atoms with Gasteiger partial charge in [0.2, 0.25) is 0 Å². The van der Waals surface area contributed by atoms with Crippen LogP contribution >= 0.6 is 0 Å². The number of hydrogen-bond donors (Lipinski definition) is 1. The second kappa shape index (κ2) is 4.77. The topological polar surface area (TPSA) is 54.9 Å². The number of halogens is 3. The Balaban J connectivity index is 3.21. The van der Waals surface area contributed by atoms with Gasteiger partial charge in [0, 0.05) is 11.8 Å². The SMILES string of the molecule is CC[C@@H](C)c1cc(=O)n(CC(F)(F)F)c(=O)[nH]1. The van der Waals surface area contributed by atoms with E-state index in [1.165, 1.54) is 0 Å². The maximum absolute atomic E-state index is 12.1. The lowest BCUT2D eigenvalue weighted by Gasteiger charge is -2.11. The fraction of sp³-hybridized carbons (Fsp3) is 0.600. The number of aromatic nitrogens is 2. The molecule has 0 aliphatic carbocycles. The molecule has 0 saturated heterocycles. The van der Waals surface area contributed by atoms with Gasteiger partial charge in [-0.2, -0.15) is 13.2 Å². The average molecular weight is 250 g/mol. The Morgan fingerprint density at radius 2 is 2.00 bits per heavy atom. The molecule has 7 heteroatoms. The van der Waals surface area contributed by atoms with E-state index in [0.717, 1.165) is 6.07 Å². The highest BCUT2D eigenvalue weighted by atomic mass is 19.4. The third-order valence-corrected chi connectivity index (χ3v) is 2.52. The van der Waals surface area contributed by atoms with Gasteiger partial charge in [0.15, 0.2) is 0 Å². The number of H-pyrrole nitrogens is 1. The summed E-state index contributed by atoms with van der Waals surface area (Å²) >= 11 is 0. The summed E-state index contributed by atoms with van der Waals surface area (Å²) in [5, 5.41) is 0. The molecule has 0 radical (unpaired) electrons. The Morgan fingerprint density at radius 1 is 1.41 bits per heavy atom. The summed E-state index contributed by atoms with van der Waals surface area (Å²) < 4.78 is 36.5. The lowest BCUT2D eigenvalue weighted by Crippen LogP contribution is -2.39. The number of rotatable bonds is 3. The number of nitrogens with zero attached hydrogens (tertiary/aromatic N) is 1. The Morgan fingerprint density at radius 3 is 2.41 bits per heavy atom. The summed E-state index contributed by atoms with van der Waals surface area (Å²) in [6.45, 7) is 2.06. The number of hydrogen-bond acceptors (Lipinski definition) is 2. The van der Waals surface area contributed by atoms with E-state index < -0.39 is 24.0 Å². The minimum Gasteiger partial charge on any atom is -0.311 e. The van der Waals surface area contributed by atoms with Crippen molar-refractivity contribution in [1.29, 1.82) is 0 Å². The third-order valence-electron chi connectivity index (χ3n) is 2.52. The summed E-state index contributed by atoms with van der Waals surface area (Å²) in [5.74, 6) is -0.0732. The molecule has 0 unspecified atom stereocenters. The van der Waals surface area contributed by atoms with Crippen LogP contribution in [0, 0.1) is 0 Å². The maximum Gasteiger partial charge on any atom is 0.406 e. The van der Waals surface area contributed by atoms with Crippen LogP contribution in [0.25, 0.3) is 0 Å². The van der Waals surface area contributed by atoms with E-state index in [-0.39, 0.29) is 10.5 Å². The first-order valence-electron chi connectivity index (χ1n) is 5.15. The van der Waals surface area contributed by atoms with Crippen LogP contribution in [-0.4, -0.2) is 15.7 Å². The molecular formula is C10H13F3N2O2. The van der Waals surface area contributed by atoms with Crippen LogP contribution in [0.1, 0.15) is 31.9 Å². The predicted octanol–water partition coefficient (Wildman–Crippen LogP) is 1.61. The minimum absolute atomic E-state index is 0.0732. The molecule has 1 rings (SSSR count). The van der Waals surface area contributed by atoms with Crippen LogP contribution in [-0.2, 0) is 6.54 Å². The van der Waals surface area contributed by atoms with Gasteiger partial charge in [0.25, 0.3) is 5.56 Å². The molecule has 0 fully saturated rings. The van der Waals surface area contributed by atoms with Crippen molar-refractivity contribution in [1.82, 2.24) is 9.55 Å². The van der Waals surface area contributed by atoms with Crippen LogP contribution in [0.3, 0.4) is 0 Å². The standard InChI is InChI=1S/C10H13F3N2O2/c1-3-6(2)7-4-8(16)15(9(17)14-7)5-10(11,12)13/h4,6H,3,5H2,1-2H3,(H,14,17)/t6-/m1/s1. The van der Waals surface area contributed by atoms with E-state index in [0.29, 0.717) is 12.1 Å². The van der Waals surface area contributed by atoms with Crippen LogP contribution < -0.4 is 11.2 Å². The van der Waals surface area contributed by atoms with Crippen molar-refractivity contribution in [2.45, 2.75) is 38.9 Å². The van der Waals surface area contributed by atoms with Gasteiger partial charge < -0.3 is 4.98 Å². The highest BCUT2D eigenvalue weighted by Gasteiger charge is 2.29. The van der Waals surface area contributed by atoms with Gasteiger partial charge >= 0.3 is 11.9 Å². The van der Waals surface area contributed by atoms with Gasteiger partial charge in [-0.15, -0.1) is 0 Å². The zero-order chi connectivity index (χ0) is 13.2. The minimum atomic E-state index is -4.59. The fourth-order valence-electron chi connectivity index (χ4n) is 1.35. The Hall–Kier alpha value is -1.53. The summed E-state index contributed by atoms with van der Waals surface area (Å²) in [7, 11) is 0. The molecule has 0 aromatic carbocycles. The van der Waals surface area contributed by atoms with E-state index in [1.807, 2.05) is 6.92 Å². The van der Waals surface area contributed by atoms with Crippen LogP contribution in [0.5, 0.6) is 0 Å². The van der Waals surface area contributed by atoms with Gasteiger partial charge in [-0.25, -0.2) is 4.79 Å². The molecular weight excluding hydrogens is 237 g/mol. The van der Waals surface area contributed by atoms with Crippen molar-refractivity contribution >= 4 is 0 Å². The molecule has 1 heterocycles. The maximum atomic E-state index is 12.1. The molecule has 0 bridgehead atoms. The largest absolute Gasteiger partial charge is 0.406 e. The number of aromatic amines is 1. The van der Waals surface area contributed by atoms with E-state index in [9.17, 15) is 22.8 Å². The molecule has 0 saturated carbocycles. The molecule has 0 aliphatic rings. The highest BCUT2D eigenvalue weighted by molar-refractivity contribution is 5.05. The summed E-state index contributed by atoms with van der Waals surface area (Å²) in [4.78, 5) is 25.1. The lowest BCUT2D eigenvalue weighted by atomic mass is 10.1. The number of nitrogens with one attached hydrogen (secondary N) is 1. The van der Waals surface area contributed by atoms with E-state index >= 15 is 0 Å². The Bertz CT molecular complexity index is 470. The van der Waals surface area contributed by atoms with Crippen LogP contribution in [0.2, 0.25) is 0 Å². The van der Waals surface area contributed by atoms with Crippen molar-refractivity contribution < 1.29 is 13.2 Å². The molecule has 1 N–H and O–H groups in total. The monoisotopic (exact) mass is 250 g/mol. The Labute approximate surface area is 95.1 Å². The van der Waals surface area contributed by atoms with E-state index in [1.54, 1.807) is 6.92 Å².